The lowest BCUT2D eigenvalue weighted by molar-refractivity contribution is -0.136. The molecule has 5 nitrogen and oxygen atoms in total. The SMILES string of the molecule is O=C(O)Cc1cn2cc(-c3ccccn3)nc2s1. The van der Waals surface area contributed by atoms with E-state index in [0.29, 0.717) is 0 Å². The Bertz CT molecular complexity index is 671. The molecule has 0 aliphatic carbocycles. The van der Waals surface area contributed by atoms with Crippen LogP contribution < -0.4 is 0 Å². The van der Waals surface area contributed by atoms with Crippen molar-refractivity contribution in [3.05, 3.63) is 41.7 Å². The van der Waals surface area contributed by atoms with Gasteiger partial charge < -0.3 is 5.11 Å². The molecule has 3 heterocycles. The van der Waals surface area contributed by atoms with E-state index in [2.05, 4.69) is 9.97 Å². The maximum atomic E-state index is 10.6. The van der Waals surface area contributed by atoms with Crippen LogP contribution in [0.1, 0.15) is 4.88 Å². The topological polar surface area (TPSA) is 67.5 Å². The third-order valence-electron chi connectivity index (χ3n) is 2.46. The zero-order chi connectivity index (χ0) is 12.5. The molecule has 0 aromatic carbocycles. The van der Waals surface area contributed by atoms with Gasteiger partial charge in [0.2, 0.25) is 0 Å². The molecule has 3 aromatic rings. The van der Waals surface area contributed by atoms with Crippen molar-refractivity contribution in [2.24, 2.45) is 0 Å². The summed E-state index contributed by atoms with van der Waals surface area (Å²) in [5.41, 5.74) is 1.61. The highest BCUT2D eigenvalue weighted by Gasteiger charge is 2.10. The third kappa shape index (κ3) is 1.98. The minimum absolute atomic E-state index is 0.0347. The van der Waals surface area contributed by atoms with Crippen molar-refractivity contribution in [3.63, 3.8) is 0 Å². The second-order valence-electron chi connectivity index (χ2n) is 3.80. The number of aliphatic carboxylic acids is 1. The Hall–Kier alpha value is -2.21. The molecule has 90 valence electrons. The second kappa shape index (κ2) is 4.23. The van der Waals surface area contributed by atoms with Crippen molar-refractivity contribution in [2.75, 3.05) is 0 Å². The van der Waals surface area contributed by atoms with Crippen LogP contribution in [0.5, 0.6) is 0 Å². The molecule has 3 rings (SSSR count). The molecular formula is C12H9N3O2S. The molecule has 0 saturated carbocycles. The van der Waals surface area contributed by atoms with Crippen LogP contribution >= 0.6 is 11.3 Å². The summed E-state index contributed by atoms with van der Waals surface area (Å²) in [5, 5.41) is 8.73. The molecule has 0 aliphatic rings. The van der Waals surface area contributed by atoms with E-state index in [1.807, 2.05) is 28.8 Å². The molecule has 18 heavy (non-hydrogen) atoms. The van der Waals surface area contributed by atoms with Crippen LogP contribution in [0.15, 0.2) is 36.8 Å². The average molecular weight is 259 g/mol. The molecule has 6 heteroatoms. The molecule has 0 spiro atoms. The van der Waals surface area contributed by atoms with E-state index in [1.54, 1.807) is 12.4 Å². The predicted octanol–water partition coefficient (Wildman–Crippen LogP) is 2.08. The highest BCUT2D eigenvalue weighted by Crippen LogP contribution is 2.22. The molecular weight excluding hydrogens is 250 g/mol. The van der Waals surface area contributed by atoms with Gasteiger partial charge in [-0.05, 0) is 12.1 Å². The molecule has 0 unspecified atom stereocenters. The molecule has 0 fully saturated rings. The molecule has 0 atom stereocenters. The summed E-state index contributed by atoms with van der Waals surface area (Å²) in [4.78, 5) is 20.9. The number of aromatic nitrogens is 3. The van der Waals surface area contributed by atoms with Crippen LogP contribution in [0.3, 0.4) is 0 Å². The van der Waals surface area contributed by atoms with Gasteiger partial charge in [-0.1, -0.05) is 6.07 Å². The third-order valence-corrected chi connectivity index (χ3v) is 3.45. The van der Waals surface area contributed by atoms with Gasteiger partial charge in [0.05, 0.1) is 12.1 Å². The highest BCUT2D eigenvalue weighted by molar-refractivity contribution is 7.17. The van der Waals surface area contributed by atoms with Crippen LogP contribution in [0.25, 0.3) is 16.3 Å². The average Bonchev–Trinajstić information content (AvgIpc) is 2.87. The molecule has 3 aromatic heterocycles. The van der Waals surface area contributed by atoms with Gasteiger partial charge in [0.25, 0.3) is 0 Å². The number of nitrogens with zero attached hydrogens (tertiary/aromatic N) is 3. The number of carbonyl (C=O) groups is 1. The van der Waals surface area contributed by atoms with Gasteiger partial charge in [-0.15, -0.1) is 11.3 Å². The Kier molecular flexibility index (Phi) is 2.56. The Labute approximate surface area is 106 Å². The number of carboxylic acids is 1. The van der Waals surface area contributed by atoms with Crippen LogP contribution in [0.2, 0.25) is 0 Å². The number of thiazole rings is 1. The summed E-state index contributed by atoms with van der Waals surface area (Å²) in [6.45, 7) is 0. The van der Waals surface area contributed by atoms with Crippen molar-refractivity contribution in [1.29, 1.82) is 0 Å². The summed E-state index contributed by atoms with van der Waals surface area (Å²) in [6, 6.07) is 5.66. The number of imidazole rings is 1. The van der Waals surface area contributed by atoms with Gasteiger partial charge in [-0.25, -0.2) is 4.98 Å². The Morgan fingerprint density at radius 2 is 2.22 bits per heavy atom. The Morgan fingerprint density at radius 3 is 2.89 bits per heavy atom. The monoisotopic (exact) mass is 259 g/mol. The summed E-state index contributed by atoms with van der Waals surface area (Å²) >= 11 is 1.38. The lowest BCUT2D eigenvalue weighted by Gasteiger charge is -1.92. The van der Waals surface area contributed by atoms with E-state index in [1.165, 1.54) is 11.3 Å². The van der Waals surface area contributed by atoms with Crippen LogP contribution in [0.4, 0.5) is 0 Å². The van der Waals surface area contributed by atoms with Gasteiger partial charge in [0.15, 0.2) is 4.96 Å². The van der Waals surface area contributed by atoms with Gasteiger partial charge in [-0.3, -0.25) is 14.2 Å². The largest absolute Gasteiger partial charge is 0.481 e. The lowest BCUT2D eigenvalue weighted by Crippen LogP contribution is -1.97. The van der Waals surface area contributed by atoms with Gasteiger partial charge >= 0.3 is 5.97 Å². The van der Waals surface area contributed by atoms with Crippen molar-refractivity contribution in [3.8, 4) is 11.4 Å². The standard InChI is InChI=1S/C12H9N3O2S/c16-11(17)5-8-6-15-7-10(14-12(15)18-8)9-3-1-2-4-13-9/h1-4,6-7H,5H2,(H,16,17). The smallest absolute Gasteiger partial charge is 0.308 e. The molecule has 0 aliphatic heterocycles. The number of fused-ring (bicyclic) bond motifs is 1. The van der Waals surface area contributed by atoms with Crippen LogP contribution in [-0.4, -0.2) is 25.4 Å². The second-order valence-corrected chi connectivity index (χ2v) is 4.89. The van der Waals surface area contributed by atoms with Crippen molar-refractivity contribution in [2.45, 2.75) is 6.42 Å². The van der Waals surface area contributed by atoms with Gasteiger partial charge in [0.1, 0.15) is 5.69 Å². The maximum Gasteiger partial charge on any atom is 0.308 e. The van der Waals surface area contributed by atoms with Crippen molar-refractivity contribution < 1.29 is 9.90 Å². The van der Waals surface area contributed by atoms with E-state index >= 15 is 0 Å². The van der Waals surface area contributed by atoms with Crippen LogP contribution in [-0.2, 0) is 11.2 Å². The van der Waals surface area contributed by atoms with E-state index in [-0.39, 0.29) is 6.42 Å². The minimum Gasteiger partial charge on any atom is -0.481 e. The van der Waals surface area contributed by atoms with E-state index < -0.39 is 5.97 Å². The Morgan fingerprint density at radius 1 is 1.33 bits per heavy atom. The molecule has 0 saturated heterocycles. The quantitative estimate of drug-likeness (QED) is 0.782. The van der Waals surface area contributed by atoms with Gasteiger partial charge in [0, 0.05) is 23.5 Å². The van der Waals surface area contributed by atoms with Crippen molar-refractivity contribution >= 4 is 22.3 Å². The fraction of sp³-hybridized carbons (Fsp3) is 0.0833. The molecule has 0 radical (unpaired) electrons. The number of carboxylic acid groups (broad SMARTS) is 1. The zero-order valence-electron chi connectivity index (χ0n) is 9.28. The normalized spacial score (nSPS) is 10.9. The maximum absolute atomic E-state index is 10.6. The highest BCUT2D eigenvalue weighted by atomic mass is 32.1. The van der Waals surface area contributed by atoms with Crippen molar-refractivity contribution in [1.82, 2.24) is 14.4 Å². The first-order valence-electron chi connectivity index (χ1n) is 5.33. The fourth-order valence-corrected chi connectivity index (χ4v) is 2.66. The molecule has 1 N–H and O–H groups in total. The van der Waals surface area contributed by atoms with Crippen LogP contribution in [0, 0.1) is 0 Å². The number of hydrogen-bond acceptors (Lipinski definition) is 4. The number of rotatable bonds is 3. The molecule has 0 amide bonds. The lowest BCUT2D eigenvalue weighted by atomic mass is 10.3. The number of hydrogen-bond donors (Lipinski definition) is 1. The van der Waals surface area contributed by atoms with E-state index in [4.69, 9.17) is 5.11 Å². The Balaban J connectivity index is 1.98. The van der Waals surface area contributed by atoms with Gasteiger partial charge in [-0.2, -0.15) is 0 Å². The zero-order valence-corrected chi connectivity index (χ0v) is 10.1. The summed E-state index contributed by atoms with van der Waals surface area (Å²) in [6.07, 6.45) is 5.42. The summed E-state index contributed by atoms with van der Waals surface area (Å²) in [5.74, 6) is -0.829. The summed E-state index contributed by atoms with van der Waals surface area (Å²) in [7, 11) is 0. The fourth-order valence-electron chi connectivity index (χ4n) is 1.71. The van der Waals surface area contributed by atoms with E-state index in [0.717, 1.165) is 21.2 Å². The predicted molar refractivity (Wildman–Crippen MR) is 67.6 cm³/mol. The summed E-state index contributed by atoms with van der Waals surface area (Å²) < 4.78 is 1.84. The first-order chi connectivity index (χ1) is 8.72. The minimum atomic E-state index is -0.829. The first kappa shape index (κ1) is 10.9. The number of pyridine rings is 1. The molecule has 0 bridgehead atoms. The van der Waals surface area contributed by atoms with E-state index in [9.17, 15) is 4.79 Å². The first-order valence-corrected chi connectivity index (χ1v) is 6.14.